The van der Waals surface area contributed by atoms with Gasteiger partial charge in [0.2, 0.25) is 0 Å². The van der Waals surface area contributed by atoms with Gasteiger partial charge in [-0.25, -0.2) is 9.18 Å². The number of hydrogen-bond acceptors (Lipinski definition) is 5. The topological polar surface area (TPSA) is 62.3 Å². The number of fused-ring (bicyclic) bond motifs is 3. The summed E-state index contributed by atoms with van der Waals surface area (Å²) in [4.78, 5) is 30.2. The molecule has 1 atom stereocenters. The molecular weight excluding hydrogens is 521 g/mol. The number of allylic oxidation sites excluding steroid dienone is 1. The predicted molar refractivity (Wildman–Crippen MR) is 161 cm³/mol. The van der Waals surface area contributed by atoms with Crippen LogP contribution in [0.2, 0.25) is 0 Å². The van der Waals surface area contributed by atoms with Gasteiger partial charge in [-0.1, -0.05) is 26.8 Å². The van der Waals surface area contributed by atoms with Gasteiger partial charge in [-0.3, -0.25) is 9.69 Å². The fraction of sp³-hybridized carbons (Fsp3) is 0.515. The number of nitrogens with zero attached hydrogens (tertiary/aromatic N) is 3. The van der Waals surface area contributed by atoms with E-state index in [4.69, 9.17) is 9.47 Å². The van der Waals surface area contributed by atoms with Gasteiger partial charge in [0.1, 0.15) is 23.6 Å². The summed E-state index contributed by atoms with van der Waals surface area (Å²) < 4.78 is 23.7. The first-order valence-corrected chi connectivity index (χ1v) is 14.6. The minimum absolute atomic E-state index is 0.130. The molecule has 0 unspecified atom stereocenters. The minimum atomic E-state index is -0.273. The van der Waals surface area contributed by atoms with Crippen molar-refractivity contribution < 1.29 is 23.5 Å². The van der Waals surface area contributed by atoms with Crippen LogP contribution >= 0.6 is 0 Å². The van der Waals surface area contributed by atoms with Crippen LogP contribution in [0.5, 0.6) is 11.5 Å². The Hall–Kier alpha value is -3.39. The number of benzene rings is 2. The molecule has 0 radical (unpaired) electrons. The summed E-state index contributed by atoms with van der Waals surface area (Å²) >= 11 is 0. The summed E-state index contributed by atoms with van der Waals surface area (Å²) in [6, 6.07) is 8.40. The smallest absolute Gasteiger partial charge is 0.325 e. The molecule has 7 nitrogen and oxygen atoms in total. The quantitative estimate of drug-likeness (QED) is 0.396. The van der Waals surface area contributed by atoms with Crippen LogP contribution < -0.4 is 9.47 Å². The van der Waals surface area contributed by atoms with Gasteiger partial charge in [-0.15, -0.1) is 0 Å². The van der Waals surface area contributed by atoms with Crippen molar-refractivity contribution in [1.82, 2.24) is 14.7 Å². The molecule has 8 heteroatoms. The van der Waals surface area contributed by atoms with Crippen LogP contribution in [0.3, 0.4) is 0 Å². The second-order valence-electron chi connectivity index (χ2n) is 10.8. The number of aldehydes is 1. The molecule has 2 fully saturated rings. The number of halogens is 1. The third-order valence-corrected chi connectivity index (χ3v) is 8.22. The van der Waals surface area contributed by atoms with Gasteiger partial charge in [0.25, 0.3) is 0 Å². The Balaban J connectivity index is 0.000000324. The number of urea groups is 1. The predicted octanol–water partition coefficient (Wildman–Crippen LogP) is 6.47. The Morgan fingerprint density at radius 3 is 2.34 bits per heavy atom. The number of rotatable bonds is 4. The molecule has 41 heavy (non-hydrogen) atoms. The lowest BCUT2D eigenvalue weighted by atomic mass is 9.81. The van der Waals surface area contributed by atoms with E-state index in [0.29, 0.717) is 29.9 Å². The van der Waals surface area contributed by atoms with Crippen LogP contribution in [0.1, 0.15) is 67.6 Å². The van der Waals surface area contributed by atoms with E-state index >= 15 is 0 Å². The van der Waals surface area contributed by atoms with E-state index in [1.807, 2.05) is 24.8 Å². The molecular formula is C33H46FN3O4. The minimum Gasteiger partial charge on any atom is -0.497 e. The monoisotopic (exact) mass is 567 g/mol. The molecule has 3 aliphatic rings. The van der Waals surface area contributed by atoms with E-state index in [0.717, 1.165) is 56.0 Å². The number of amides is 2. The number of carbonyl (C=O) groups excluding carboxylic acids is 2. The first-order chi connectivity index (χ1) is 19.7. The summed E-state index contributed by atoms with van der Waals surface area (Å²) in [5.74, 6) is 1.66. The van der Waals surface area contributed by atoms with Crippen molar-refractivity contribution in [3.05, 3.63) is 70.2 Å². The molecule has 0 aromatic heterocycles. The lowest BCUT2D eigenvalue weighted by Gasteiger charge is -2.43. The maximum Gasteiger partial charge on any atom is 0.325 e. The zero-order valence-electron chi connectivity index (χ0n) is 25.9. The zero-order chi connectivity index (χ0) is 30.3. The second kappa shape index (κ2) is 14.0. The highest BCUT2D eigenvalue weighted by molar-refractivity contribution is 5.82. The van der Waals surface area contributed by atoms with Gasteiger partial charge in [-0.2, -0.15) is 0 Å². The Kier molecular flexibility index (Phi) is 11.0. The Morgan fingerprint density at radius 1 is 1.10 bits per heavy atom. The van der Waals surface area contributed by atoms with Gasteiger partial charge in [0.05, 0.1) is 26.3 Å². The van der Waals surface area contributed by atoms with Gasteiger partial charge < -0.3 is 19.3 Å². The molecule has 0 N–H and O–H groups in total. The number of aryl methyl sites for hydroxylation is 1. The third-order valence-electron chi connectivity index (χ3n) is 8.22. The molecule has 3 aliphatic heterocycles. The molecule has 1 spiro atoms. The number of likely N-dealkylation sites (tertiary alicyclic amines) is 1. The SMILES string of the molecule is CC.CCN1C(=O)N2Cc3cc(OC)cc(OC)c3C[C@@H](C)/C=C\2C12CCN(C)CC2.Cc1cc(C=O)ccc1F. The van der Waals surface area contributed by atoms with Crippen LogP contribution in [0, 0.1) is 18.7 Å². The summed E-state index contributed by atoms with van der Waals surface area (Å²) in [7, 11) is 5.54. The molecule has 2 aromatic rings. The van der Waals surface area contributed by atoms with Crippen molar-refractivity contribution in [1.29, 1.82) is 0 Å². The van der Waals surface area contributed by atoms with E-state index in [9.17, 15) is 14.0 Å². The fourth-order valence-corrected chi connectivity index (χ4v) is 6.08. The van der Waals surface area contributed by atoms with Crippen LogP contribution in [0.25, 0.3) is 0 Å². The van der Waals surface area contributed by atoms with Crippen molar-refractivity contribution in [3.8, 4) is 11.5 Å². The highest BCUT2D eigenvalue weighted by atomic mass is 19.1. The van der Waals surface area contributed by atoms with Crippen LogP contribution in [0.15, 0.2) is 42.1 Å². The van der Waals surface area contributed by atoms with Crippen molar-refractivity contribution >= 4 is 12.3 Å². The molecule has 2 aromatic carbocycles. The maximum absolute atomic E-state index is 13.6. The molecule has 5 rings (SSSR count). The van der Waals surface area contributed by atoms with Crippen LogP contribution in [0.4, 0.5) is 9.18 Å². The lowest BCUT2D eigenvalue weighted by Crippen LogP contribution is -2.53. The van der Waals surface area contributed by atoms with Crippen LogP contribution in [-0.2, 0) is 13.0 Å². The van der Waals surface area contributed by atoms with Crippen LogP contribution in [-0.4, -0.2) is 73.5 Å². The summed E-state index contributed by atoms with van der Waals surface area (Å²) in [6.07, 6.45) is 5.94. The summed E-state index contributed by atoms with van der Waals surface area (Å²) in [5, 5.41) is 0. The molecule has 0 bridgehead atoms. The summed E-state index contributed by atoms with van der Waals surface area (Å²) in [5.41, 5.74) is 4.35. The Labute approximate surface area is 244 Å². The first kappa shape index (κ1) is 32.1. The number of hydrogen-bond donors (Lipinski definition) is 0. The standard InChI is InChI=1S/C23H33N3O3.C8H7FO.C2H6/c1-6-26-22(27)25-15-17-13-18(28-4)14-20(29-5)19(17)11-16(2)12-21(25)23(26)7-9-24(3)10-8-23;1-6-4-7(5-10)2-3-8(6)9;1-2/h12-14,16H,6-11,15H2,1-5H3;2-5H,1H3;1-2H3/b21-12-;;/t16-;;/m1../s1. The van der Waals surface area contributed by atoms with Gasteiger partial charge in [0.15, 0.2) is 0 Å². The Bertz CT molecular complexity index is 1250. The fourth-order valence-electron chi connectivity index (χ4n) is 6.08. The molecule has 3 heterocycles. The van der Waals surface area contributed by atoms with Gasteiger partial charge in [-0.05, 0) is 87.0 Å². The van der Waals surface area contributed by atoms with Crippen molar-refractivity contribution in [2.45, 2.75) is 66.0 Å². The molecule has 0 aliphatic carbocycles. The molecule has 0 saturated carbocycles. The second-order valence-corrected chi connectivity index (χ2v) is 10.8. The maximum atomic E-state index is 13.6. The molecule has 2 saturated heterocycles. The van der Waals surface area contributed by atoms with E-state index in [2.05, 4.69) is 42.8 Å². The van der Waals surface area contributed by atoms with E-state index in [-0.39, 0.29) is 17.4 Å². The number of ether oxygens (including phenoxy) is 2. The van der Waals surface area contributed by atoms with Crippen molar-refractivity contribution in [3.63, 3.8) is 0 Å². The zero-order valence-corrected chi connectivity index (χ0v) is 25.9. The third kappa shape index (κ3) is 6.58. The van der Waals surface area contributed by atoms with Crippen molar-refractivity contribution in [2.24, 2.45) is 5.92 Å². The van der Waals surface area contributed by atoms with E-state index < -0.39 is 0 Å². The van der Waals surface area contributed by atoms with E-state index in [1.54, 1.807) is 21.1 Å². The largest absolute Gasteiger partial charge is 0.497 e. The number of methoxy groups -OCH3 is 2. The highest BCUT2D eigenvalue weighted by Crippen LogP contribution is 2.46. The highest BCUT2D eigenvalue weighted by Gasteiger charge is 2.54. The Morgan fingerprint density at radius 2 is 1.78 bits per heavy atom. The van der Waals surface area contributed by atoms with Crippen molar-refractivity contribution in [2.75, 3.05) is 40.9 Å². The molecule has 2 amide bonds. The summed E-state index contributed by atoms with van der Waals surface area (Å²) in [6.45, 7) is 13.3. The number of likely N-dealkylation sites (N-methyl/N-ethyl adjacent to an activating group) is 1. The first-order valence-electron chi connectivity index (χ1n) is 14.6. The lowest BCUT2D eigenvalue weighted by molar-refractivity contribution is 0.104. The normalized spacial score (nSPS) is 20.7. The van der Waals surface area contributed by atoms with Gasteiger partial charge >= 0.3 is 6.03 Å². The average molecular weight is 568 g/mol. The molecule has 224 valence electrons. The number of carbonyl (C=O) groups is 2. The van der Waals surface area contributed by atoms with Gasteiger partial charge in [0, 0.05) is 37.0 Å². The van der Waals surface area contributed by atoms with E-state index in [1.165, 1.54) is 29.5 Å². The average Bonchev–Trinajstić information content (AvgIpc) is 3.18. The number of piperidine rings is 1.